The fourth-order valence-electron chi connectivity index (χ4n) is 1.38. The lowest BCUT2D eigenvalue weighted by Crippen LogP contribution is -2.33. The van der Waals surface area contributed by atoms with Crippen LogP contribution in [0.2, 0.25) is 0 Å². The second-order valence-corrected chi connectivity index (χ2v) is 3.29. The molecule has 0 radical (unpaired) electrons. The molecule has 1 aliphatic carbocycles. The van der Waals surface area contributed by atoms with Crippen molar-refractivity contribution in [2.45, 2.75) is 45.2 Å². The minimum atomic E-state index is 0.618. The maximum Gasteiger partial charge on any atom is 0.0252 e. The molecule has 0 spiro atoms. The molecule has 0 saturated heterocycles. The highest BCUT2D eigenvalue weighted by atomic mass is 14.9. The summed E-state index contributed by atoms with van der Waals surface area (Å²) in [6, 6.07) is 1.27. The van der Waals surface area contributed by atoms with E-state index in [-0.39, 0.29) is 0 Å². The lowest BCUT2D eigenvalue weighted by atomic mass is 10.0. The Morgan fingerprint density at radius 1 is 1.50 bits per heavy atom. The van der Waals surface area contributed by atoms with Gasteiger partial charge in [0, 0.05) is 12.1 Å². The molecule has 0 bridgehead atoms. The normalized spacial score (nSPS) is 25.7. The summed E-state index contributed by atoms with van der Waals surface area (Å²) in [5, 5.41) is 3.49. The summed E-state index contributed by atoms with van der Waals surface area (Å²) in [6.45, 7) is 4.39. The van der Waals surface area contributed by atoms with Gasteiger partial charge >= 0.3 is 0 Å². The zero-order valence-corrected chi connectivity index (χ0v) is 6.93. The Labute approximate surface area is 63.5 Å². The third-order valence-electron chi connectivity index (χ3n) is 1.80. The first kappa shape index (κ1) is 7.80. The van der Waals surface area contributed by atoms with Crippen LogP contribution in [0.4, 0.5) is 0 Å². The number of rotatable bonds is 2. The van der Waals surface area contributed by atoms with Crippen LogP contribution in [0, 0.1) is 0 Å². The summed E-state index contributed by atoms with van der Waals surface area (Å²) in [5.41, 5.74) is 0. The molecule has 0 aromatic rings. The van der Waals surface area contributed by atoms with Crippen molar-refractivity contribution >= 4 is 0 Å². The minimum absolute atomic E-state index is 0.618. The van der Waals surface area contributed by atoms with Gasteiger partial charge in [0.1, 0.15) is 0 Å². The molecule has 0 amide bonds. The zero-order valence-electron chi connectivity index (χ0n) is 6.93. The second-order valence-electron chi connectivity index (χ2n) is 3.29. The van der Waals surface area contributed by atoms with Gasteiger partial charge < -0.3 is 5.32 Å². The molecule has 10 heavy (non-hydrogen) atoms. The SMILES string of the molecule is CC(C)N[C@@H]1C=CCCC1. The van der Waals surface area contributed by atoms with Crippen LogP contribution in [0.3, 0.4) is 0 Å². The van der Waals surface area contributed by atoms with Gasteiger partial charge in [-0.25, -0.2) is 0 Å². The summed E-state index contributed by atoms with van der Waals surface area (Å²) < 4.78 is 0. The highest BCUT2D eigenvalue weighted by molar-refractivity contribution is 4.97. The van der Waals surface area contributed by atoms with Crippen molar-refractivity contribution in [1.82, 2.24) is 5.32 Å². The lowest BCUT2D eigenvalue weighted by molar-refractivity contribution is 0.476. The number of allylic oxidation sites excluding steroid dienone is 1. The molecule has 58 valence electrons. The van der Waals surface area contributed by atoms with Crippen molar-refractivity contribution in [2.75, 3.05) is 0 Å². The molecule has 0 aliphatic heterocycles. The van der Waals surface area contributed by atoms with Crippen LogP contribution in [0.1, 0.15) is 33.1 Å². The molecule has 0 saturated carbocycles. The molecule has 1 heteroatoms. The fourth-order valence-corrected chi connectivity index (χ4v) is 1.38. The predicted octanol–water partition coefficient (Wildman–Crippen LogP) is 2.09. The van der Waals surface area contributed by atoms with Gasteiger partial charge in [-0.15, -0.1) is 0 Å². The molecule has 1 nitrogen and oxygen atoms in total. The first-order valence-corrected chi connectivity index (χ1v) is 4.22. The van der Waals surface area contributed by atoms with Gasteiger partial charge in [0.25, 0.3) is 0 Å². The molecule has 0 heterocycles. The fraction of sp³-hybridized carbons (Fsp3) is 0.778. The molecule has 0 fully saturated rings. The van der Waals surface area contributed by atoms with Crippen molar-refractivity contribution in [2.24, 2.45) is 0 Å². The van der Waals surface area contributed by atoms with Gasteiger partial charge in [0.15, 0.2) is 0 Å². The van der Waals surface area contributed by atoms with Gasteiger partial charge in [-0.3, -0.25) is 0 Å². The Hall–Kier alpha value is -0.300. The first-order valence-electron chi connectivity index (χ1n) is 4.22. The van der Waals surface area contributed by atoms with Crippen molar-refractivity contribution in [3.63, 3.8) is 0 Å². The van der Waals surface area contributed by atoms with Crippen LogP contribution in [0.5, 0.6) is 0 Å². The average Bonchev–Trinajstić information content (AvgIpc) is 1.88. The van der Waals surface area contributed by atoms with Gasteiger partial charge in [-0.1, -0.05) is 26.0 Å². The van der Waals surface area contributed by atoms with Crippen LogP contribution >= 0.6 is 0 Å². The maximum atomic E-state index is 3.49. The topological polar surface area (TPSA) is 12.0 Å². The summed E-state index contributed by atoms with van der Waals surface area (Å²) >= 11 is 0. The van der Waals surface area contributed by atoms with E-state index in [1.54, 1.807) is 0 Å². The average molecular weight is 139 g/mol. The van der Waals surface area contributed by atoms with Gasteiger partial charge in [0.05, 0.1) is 0 Å². The highest BCUT2D eigenvalue weighted by Gasteiger charge is 2.07. The minimum Gasteiger partial charge on any atom is -0.308 e. The van der Waals surface area contributed by atoms with E-state index in [1.165, 1.54) is 19.3 Å². The van der Waals surface area contributed by atoms with E-state index in [4.69, 9.17) is 0 Å². The first-order chi connectivity index (χ1) is 4.79. The van der Waals surface area contributed by atoms with Crippen LogP contribution in [0.15, 0.2) is 12.2 Å². The Morgan fingerprint density at radius 2 is 2.30 bits per heavy atom. The molecular weight excluding hydrogens is 122 g/mol. The maximum absolute atomic E-state index is 3.49. The van der Waals surface area contributed by atoms with E-state index in [0.29, 0.717) is 12.1 Å². The van der Waals surface area contributed by atoms with Crippen LogP contribution in [-0.2, 0) is 0 Å². The number of hydrogen-bond acceptors (Lipinski definition) is 1. The van der Waals surface area contributed by atoms with E-state index in [0.717, 1.165) is 0 Å². The van der Waals surface area contributed by atoms with Crippen LogP contribution in [-0.4, -0.2) is 12.1 Å². The molecular formula is C9H17N. The highest BCUT2D eigenvalue weighted by Crippen LogP contribution is 2.10. The van der Waals surface area contributed by atoms with E-state index >= 15 is 0 Å². The Morgan fingerprint density at radius 3 is 2.80 bits per heavy atom. The molecule has 1 aliphatic rings. The molecule has 0 aromatic carbocycles. The third kappa shape index (κ3) is 2.53. The smallest absolute Gasteiger partial charge is 0.0252 e. The predicted molar refractivity (Wildman–Crippen MR) is 45.1 cm³/mol. The summed E-state index contributed by atoms with van der Waals surface area (Å²) in [5.74, 6) is 0. The molecule has 0 aromatic heterocycles. The van der Waals surface area contributed by atoms with Crippen LogP contribution < -0.4 is 5.32 Å². The van der Waals surface area contributed by atoms with Crippen molar-refractivity contribution < 1.29 is 0 Å². The van der Waals surface area contributed by atoms with Crippen molar-refractivity contribution in [1.29, 1.82) is 0 Å². The van der Waals surface area contributed by atoms with Crippen molar-refractivity contribution in [3.8, 4) is 0 Å². The molecule has 0 unspecified atom stereocenters. The van der Waals surface area contributed by atoms with E-state index in [2.05, 4.69) is 31.3 Å². The zero-order chi connectivity index (χ0) is 7.40. The summed E-state index contributed by atoms with van der Waals surface area (Å²) in [4.78, 5) is 0. The van der Waals surface area contributed by atoms with Gasteiger partial charge in [-0.2, -0.15) is 0 Å². The summed E-state index contributed by atoms with van der Waals surface area (Å²) in [6.07, 6.45) is 8.51. The van der Waals surface area contributed by atoms with E-state index in [9.17, 15) is 0 Å². The second kappa shape index (κ2) is 3.77. The number of hydrogen-bond donors (Lipinski definition) is 1. The Bertz CT molecular complexity index is 116. The molecule has 1 atom stereocenters. The van der Waals surface area contributed by atoms with E-state index in [1.807, 2.05) is 0 Å². The lowest BCUT2D eigenvalue weighted by Gasteiger charge is -2.20. The van der Waals surface area contributed by atoms with E-state index < -0.39 is 0 Å². The quantitative estimate of drug-likeness (QED) is 0.578. The standard InChI is InChI=1S/C9H17N/c1-8(2)10-9-6-4-3-5-7-9/h4,6,8-10H,3,5,7H2,1-2H3/t9-/m1/s1. The molecule has 1 N–H and O–H groups in total. The number of nitrogens with one attached hydrogen (secondary N) is 1. The van der Waals surface area contributed by atoms with Gasteiger partial charge in [-0.05, 0) is 19.3 Å². The van der Waals surface area contributed by atoms with Crippen molar-refractivity contribution in [3.05, 3.63) is 12.2 Å². The van der Waals surface area contributed by atoms with Gasteiger partial charge in [0.2, 0.25) is 0 Å². The third-order valence-corrected chi connectivity index (χ3v) is 1.80. The largest absolute Gasteiger partial charge is 0.308 e. The molecule has 1 rings (SSSR count). The summed E-state index contributed by atoms with van der Waals surface area (Å²) in [7, 11) is 0. The monoisotopic (exact) mass is 139 g/mol. The Balaban J connectivity index is 2.26. The Kier molecular flexibility index (Phi) is 2.94. The van der Waals surface area contributed by atoms with Crippen LogP contribution in [0.25, 0.3) is 0 Å².